The minimum atomic E-state index is 0.413. The Balaban J connectivity index is 1.74. The summed E-state index contributed by atoms with van der Waals surface area (Å²) in [7, 11) is 0. The van der Waals surface area contributed by atoms with Gasteiger partial charge in [-0.05, 0) is 44.9 Å². The van der Waals surface area contributed by atoms with Crippen LogP contribution in [0.4, 0.5) is 11.4 Å². The van der Waals surface area contributed by atoms with Crippen LogP contribution in [-0.2, 0) is 0 Å². The number of hydrogen-bond acceptors (Lipinski definition) is 4. The molecule has 116 valence electrons. The van der Waals surface area contributed by atoms with Crippen LogP contribution in [0.5, 0.6) is 5.75 Å². The average molecular weight is 289 g/mol. The normalized spacial score (nSPS) is 20.5. The summed E-state index contributed by atoms with van der Waals surface area (Å²) in [5, 5.41) is 10.2. The first-order valence-electron chi connectivity index (χ1n) is 8.22. The highest BCUT2D eigenvalue weighted by molar-refractivity contribution is 5.67. The Morgan fingerprint density at radius 1 is 0.905 bits per heavy atom. The number of anilines is 2. The summed E-state index contributed by atoms with van der Waals surface area (Å²) in [6.07, 6.45) is 2.56. The van der Waals surface area contributed by atoms with Crippen molar-refractivity contribution in [3.8, 4) is 5.75 Å². The smallest absolute Gasteiger partial charge is 0.139 e. The monoisotopic (exact) mass is 289 g/mol. The molecule has 4 heteroatoms. The van der Waals surface area contributed by atoms with E-state index in [0.717, 1.165) is 45.0 Å². The van der Waals surface area contributed by atoms with E-state index in [-0.39, 0.29) is 0 Å². The van der Waals surface area contributed by atoms with Gasteiger partial charge in [0.25, 0.3) is 0 Å². The van der Waals surface area contributed by atoms with Gasteiger partial charge in [-0.15, -0.1) is 0 Å². The zero-order valence-electron chi connectivity index (χ0n) is 13.3. The van der Waals surface area contributed by atoms with Gasteiger partial charge in [-0.1, -0.05) is 0 Å². The van der Waals surface area contributed by atoms with Crippen molar-refractivity contribution in [2.75, 3.05) is 49.1 Å². The van der Waals surface area contributed by atoms with Crippen LogP contribution in [-0.4, -0.2) is 55.3 Å². The Morgan fingerprint density at radius 2 is 1.57 bits per heavy atom. The Morgan fingerprint density at radius 3 is 2.19 bits per heavy atom. The lowest BCUT2D eigenvalue weighted by molar-refractivity contribution is 0.209. The zero-order valence-corrected chi connectivity index (χ0v) is 13.3. The van der Waals surface area contributed by atoms with Gasteiger partial charge in [0.2, 0.25) is 0 Å². The van der Waals surface area contributed by atoms with Crippen molar-refractivity contribution >= 4 is 11.4 Å². The predicted molar refractivity (Wildman–Crippen MR) is 88.5 cm³/mol. The van der Waals surface area contributed by atoms with E-state index in [2.05, 4.69) is 40.7 Å². The van der Waals surface area contributed by atoms with Crippen molar-refractivity contribution in [1.29, 1.82) is 0 Å². The molecule has 2 aliphatic rings. The van der Waals surface area contributed by atoms with Gasteiger partial charge in [0.05, 0.1) is 5.69 Å². The lowest BCUT2D eigenvalue weighted by Gasteiger charge is -2.38. The van der Waals surface area contributed by atoms with Gasteiger partial charge in [0, 0.05) is 51.0 Å². The SMILES string of the molecule is CC(C)N1CCN(c2cc(N3CCCC3)ccc2O)CC1. The van der Waals surface area contributed by atoms with Crippen LogP contribution in [0.1, 0.15) is 26.7 Å². The number of rotatable bonds is 3. The molecule has 3 rings (SSSR count). The third kappa shape index (κ3) is 3.10. The number of phenols is 1. The summed E-state index contributed by atoms with van der Waals surface area (Å²) in [6.45, 7) is 10.9. The number of aromatic hydroxyl groups is 1. The number of benzene rings is 1. The summed E-state index contributed by atoms with van der Waals surface area (Å²) >= 11 is 0. The molecular formula is C17H27N3O. The average Bonchev–Trinajstić information content (AvgIpc) is 3.02. The maximum Gasteiger partial charge on any atom is 0.139 e. The third-order valence-electron chi connectivity index (χ3n) is 4.82. The molecule has 0 aliphatic carbocycles. The van der Waals surface area contributed by atoms with Crippen molar-refractivity contribution in [2.45, 2.75) is 32.7 Å². The van der Waals surface area contributed by atoms with Crippen molar-refractivity contribution in [2.24, 2.45) is 0 Å². The van der Waals surface area contributed by atoms with E-state index in [1.165, 1.54) is 18.5 Å². The van der Waals surface area contributed by atoms with Crippen LogP contribution in [0.25, 0.3) is 0 Å². The molecule has 0 aromatic heterocycles. The van der Waals surface area contributed by atoms with E-state index in [1.54, 1.807) is 0 Å². The fourth-order valence-corrected chi connectivity index (χ4v) is 3.42. The Kier molecular flexibility index (Phi) is 4.24. The van der Waals surface area contributed by atoms with Crippen molar-refractivity contribution < 1.29 is 5.11 Å². The Bertz CT molecular complexity index is 475. The molecule has 0 saturated carbocycles. The molecule has 2 heterocycles. The highest BCUT2D eigenvalue weighted by atomic mass is 16.3. The minimum absolute atomic E-state index is 0.413. The second kappa shape index (κ2) is 6.14. The molecule has 0 amide bonds. The van der Waals surface area contributed by atoms with E-state index >= 15 is 0 Å². The van der Waals surface area contributed by atoms with E-state index in [1.807, 2.05) is 6.07 Å². The topological polar surface area (TPSA) is 30.0 Å². The van der Waals surface area contributed by atoms with Crippen LogP contribution < -0.4 is 9.80 Å². The first kappa shape index (κ1) is 14.5. The highest BCUT2D eigenvalue weighted by Gasteiger charge is 2.22. The molecule has 0 atom stereocenters. The van der Waals surface area contributed by atoms with Gasteiger partial charge in [0.1, 0.15) is 5.75 Å². The molecule has 0 unspecified atom stereocenters. The van der Waals surface area contributed by atoms with Crippen LogP contribution >= 0.6 is 0 Å². The van der Waals surface area contributed by atoms with Gasteiger partial charge in [-0.3, -0.25) is 4.90 Å². The van der Waals surface area contributed by atoms with E-state index in [4.69, 9.17) is 0 Å². The third-order valence-corrected chi connectivity index (χ3v) is 4.82. The molecule has 0 radical (unpaired) electrons. The van der Waals surface area contributed by atoms with Crippen molar-refractivity contribution in [3.63, 3.8) is 0 Å². The van der Waals surface area contributed by atoms with Gasteiger partial charge in [0.15, 0.2) is 0 Å². The number of nitrogens with zero attached hydrogens (tertiary/aromatic N) is 3. The van der Waals surface area contributed by atoms with E-state index in [9.17, 15) is 5.11 Å². The molecule has 2 fully saturated rings. The molecular weight excluding hydrogens is 262 g/mol. The lowest BCUT2D eigenvalue weighted by atomic mass is 10.2. The number of hydrogen-bond donors (Lipinski definition) is 1. The summed E-state index contributed by atoms with van der Waals surface area (Å²) in [5.74, 6) is 0.413. The molecule has 1 N–H and O–H groups in total. The second-order valence-corrected chi connectivity index (χ2v) is 6.48. The summed E-state index contributed by atoms with van der Waals surface area (Å²) in [4.78, 5) is 7.25. The molecule has 4 nitrogen and oxygen atoms in total. The summed E-state index contributed by atoms with van der Waals surface area (Å²) in [6, 6.07) is 6.69. The fourth-order valence-electron chi connectivity index (χ4n) is 3.42. The van der Waals surface area contributed by atoms with Crippen molar-refractivity contribution in [3.05, 3.63) is 18.2 Å². The molecule has 21 heavy (non-hydrogen) atoms. The zero-order chi connectivity index (χ0) is 14.8. The molecule has 0 bridgehead atoms. The fraction of sp³-hybridized carbons (Fsp3) is 0.647. The summed E-state index contributed by atoms with van der Waals surface area (Å²) < 4.78 is 0. The van der Waals surface area contributed by atoms with Gasteiger partial charge in [-0.25, -0.2) is 0 Å². The summed E-state index contributed by atoms with van der Waals surface area (Å²) in [5.41, 5.74) is 2.26. The molecule has 0 spiro atoms. The maximum atomic E-state index is 10.2. The minimum Gasteiger partial charge on any atom is -0.506 e. The standard InChI is InChI=1S/C17H27N3O/c1-14(2)18-9-11-20(12-10-18)16-13-15(5-6-17(16)21)19-7-3-4-8-19/h5-6,13-14,21H,3-4,7-12H2,1-2H3. The Labute approximate surface area is 128 Å². The molecule has 1 aromatic rings. The van der Waals surface area contributed by atoms with Crippen LogP contribution in [0, 0.1) is 0 Å². The van der Waals surface area contributed by atoms with Crippen LogP contribution in [0.3, 0.4) is 0 Å². The highest BCUT2D eigenvalue weighted by Crippen LogP contribution is 2.33. The van der Waals surface area contributed by atoms with Gasteiger partial charge in [-0.2, -0.15) is 0 Å². The lowest BCUT2D eigenvalue weighted by Crippen LogP contribution is -2.48. The number of phenolic OH excluding ortho intramolecular Hbond substituents is 1. The molecule has 1 aromatic carbocycles. The first-order chi connectivity index (χ1) is 10.1. The quantitative estimate of drug-likeness (QED) is 0.926. The van der Waals surface area contributed by atoms with Gasteiger partial charge < -0.3 is 14.9 Å². The molecule has 2 aliphatic heterocycles. The molecule has 2 saturated heterocycles. The van der Waals surface area contributed by atoms with Crippen molar-refractivity contribution in [1.82, 2.24) is 4.90 Å². The van der Waals surface area contributed by atoms with E-state index in [0.29, 0.717) is 11.8 Å². The van der Waals surface area contributed by atoms with E-state index < -0.39 is 0 Å². The Hall–Kier alpha value is -1.42. The second-order valence-electron chi connectivity index (χ2n) is 6.48. The van der Waals surface area contributed by atoms with Crippen LogP contribution in [0.2, 0.25) is 0 Å². The first-order valence-corrected chi connectivity index (χ1v) is 8.22. The number of piperazine rings is 1. The maximum absolute atomic E-state index is 10.2. The van der Waals surface area contributed by atoms with Gasteiger partial charge >= 0.3 is 0 Å². The van der Waals surface area contributed by atoms with Crippen LogP contribution in [0.15, 0.2) is 18.2 Å². The predicted octanol–water partition coefficient (Wildman–Crippen LogP) is 2.52. The largest absolute Gasteiger partial charge is 0.506 e.